The molecule has 14 heavy (non-hydrogen) atoms. The number of ketones is 1. The highest BCUT2D eigenvalue weighted by Crippen LogP contribution is 2.25. The number of piperidine rings is 1. The van der Waals surface area contributed by atoms with E-state index < -0.39 is 24.7 Å². The van der Waals surface area contributed by atoms with Gasteiger partial charge in [0.2, 0.25) is 0 Å². The van der Waals surface area contributed by atoms with Gasteiger partial charge in [0.1, 0.15) is 5.78 Å². The fraction of sp³-hybridized carbons (Fsp3) is 0.750. The maximum atomic E-state index is 11.4. The van der Waals surface area contributed by atoms with Crippen molar-refractivity contribution in [3.63, 3.8) is 0 Å². The number of nitrogens with zero attached hydrogens (tertiary/aromatic N) is 1. The summed E-state index contributed by atoms with van der Waals surface area (Å²) in [5.74, 6) is -0.278. The van der Waals surface area contributed by atoms with E-state index in [1.807, 2.05) is 0 Å². The highest BCUT2D eigenvalue weighted by atomic mass is 16.4. The molecular weight excluding hydrogens is 190 g/mol. The zero-order chi connectivity index (χ0) is 10.8. The van der Waals surface area contributed by atoms with Crippen LogP contribution in [-0.4, -0.2) is 58.4 Å². The van der Waals surface area contributed by atoms with Gasteiger partial charge in [-0.15, -0.1) is 0 Å². The van der Waals surface area contributed by atoms with Gasteiger partial charge in [-0.05, 0) is 0 Å². The van der Waals surface area contributed by atoms with Crippen molar-refractivity contribution >= 4 is 11.9 Å². The number of amides is 1. The van der Waals surface area contributed by atoms with Gasteiger partial charge in [0.05, 0.1) is 18.6 Å². The molecule has 0 aromatic rings. The van der Waals surface area contributed by atoms with Crippen molar-refractivity contribution in [3.8, 4) is 0 Å². The summed E-state index contributed by atoms with van der Waals surface area (Å²) in [6, 6.07) is 0. The molecule has 0 unspecified atom stereocenters. The minimum atomic E-state index is -1.31. The van der Waals surface area contributed by atoms with Crippen LogP contribution in [0.5, 0.6) is 0 Å². The van der Waals surface area contributed by atoms with Crippen molar-refractivity contribution in [1.82, 2.24) is 4.90 Å². The molecule has 0 spiro atoms. The van der Waals surface area contributed by atoms with Crippen LogP contribution in [0.25, 0.3) is 0 Å². The van der Waals surface area contributed by atoms with E-state index in [4.69, 9.17) is 15.3 Å². The minimum absolute atomic E-state index is 0.0490. The second kappa shape index (κ2) is 3.93. The molecule has 6 heteroatoms. The van der Waals surface area contributed by atoms with Gasteiger partial charge in [-0.25, -0.2) is 4.79 Å². The molecule has 1 heterocycles. The monoisotopic (exact) mass is 203 g/mol. The molecule has 0 aromatic carbocycles. The molecule has 1 amide bonds. The summed E-state index contributed by atoms with van der Waals surface area (Å²) in [5.41, 5.74) is -1.31. The Kier molecular flexibility index (Phi) is 3.07. The first-order valence-electron chi connectivity index (χ1n) is 4.28. The zero-order valence-electron chi connectivity index (χ0n) is 7.64. The largest absolute Gasteiger partial charge is 0.465 e. The third-order valence-corrected chi connectivity index (χ3v) is 2.57. The van der Waals surface area contributed by atoms with Crippen molar-refractivity contribution in [1.29, 1.82) is 0 Å². The molecule has 1 saturated heterocycles. The lowest BCUT2D eigenvalue weighted by atomic mass is 9.80. The van der Waals surface area contributed by atoms with E-state index in [9.17, 15) is 9.59 Å². The highest BCUT2D eigenvalue weighted by Gasteiger charge is 2.43. The summed E-state index contributed by atoms with van der Waals surface area (Å²) in [6.07, 6.45) is -1.09. The van der Waals surface area contributed by atoms with Crippen LogP contribution in [0, 0.1) is 5.41 Å². The molecule has 0 aromatic heterocycles. The topological polar surface area (TPSA) is 98.1 Å². The lowest BCUT2D eigenvalue weighted by molar-refractivity contribution is -0.139. The lowest BCUT2D eigenvalue weighted by Crippen LogP contribution is -2.54. The zero-order valence-corrected chi connectivity index (χ0v) is 7.64. The van der Waals surface area contributed by atoms with Gasteiger partial charge in [-0.3, -0.25) is 4.79 Å². The number of aliphatic hydroxyl groups excluding tert-OH is 2. The first-order valence-corrected chi connectivity index (χ1v) is 4.28. The molecule has 1 aliphatic rings. The molecule has 0 aliphatic carbocycles. The SMILES string of the molecule is O=C(O)N1CCC(=O)C(CO)(CO)C1. The Morgan fingerprint density at radius 1 is 1.43 bits per heavy atom. The van der Waals surface area contributed by atoms with Crippen molar-refractivity contribution in [2.45, 2.75) is 6.42 Å². The highest BCUT2D eigenvalue weighted by molar-refractivity contribution is 5.87. The van der Waals surface area contributed by atoms with Crippen LogP contribution < -0.4 is 0 Å². The molecule has 1 fully saturated rings. The third-order valence-electron chi connectivity index (χ3n) is 2.57. The molecule has 0 radical (unpaired) electrons. The van der Waals surface area contributed by atoms with Crippen LogP contribution >= 0.6 is 0 Å². The summed E-state index contributed by atoms with van der Waals surface area (Å²) >= 11 is 0. The van der Waals surface area contributed by atoms with Gasteiger partial charge in [-0.2, -0.15) is 0 Å². The van der Waals surface area contributed by atoms with Crippen LogP contribution in [0.1, 0.15) is 6.42 Å². The molecule has 1 rings (SSSR count). The Labute approximate surface area is 80.8 Å². The van der Waals surface area contributed by atoms with Gasteiger partial charge in [-0.1, -0.05) is 0 Å². The fourth-order valence-electron chi connectivity index (χ4n) is 1.52. The Hall–Kier alpha value is -1.14. The van der Waals surface area contributed by atoms with Crippen LogP contribution in [0.3, 0.4) is 0 Å². The number of likely N-dealkylation sites (tertiary alicyclic amines) is 1. The quantitative estimate of drug-likeness (QED) is 0.529. The molecule has 3 N–H and O–H groups in total. The third kappa shape index (κ3) is 1.71. The molecule has 0 saturated carbocycles. The molecule has 80 valence electrons. The fourth-order valence-corrected chi connectivity index (χ4v) is 1.52. The second-order valence-electron chi connectivity index (χ2n) is 3.47. The maximum absolute atomic E-state index is 11.4. The first-order chi connectivity index (χ1) is 6.55. The van der Waals surface area contributed by atoms with Gasteiger partial charge in [0.25, 0.3) is 0 Å². The normalized spacial score (nSPS) is 21.0. The van der Waals surface area contributed by atoms with Crippen molar-refractivity contribution in [3.05, 3.63) is 0 Å². The second-order valence-corrected chi connectivity index (χ2v) is 3.47. The molecular formula is C8H13NO5. The number of aliphatic hydroxyl groups is 2. The average Bonchev–Trinajstić information content (AvgIpc) is 2.19. The predicted octanol–water partition coefficient (Wildman–Crippen LogP) is -1.09. The molecule has 1 aliphatic heterocycles. The van der Waals surface area contributed by atoms with E-state index in [0.29, 0.717) is 0 Å². The van der Waals surface area contributed by atoms with E-state index in [0.717, 1.165) is 4.90 Å². The number of carboxylic acid groups (broad SMARTS) is 1. The predicted molar refractivity (Wildman–Crippen MR) is 45.8 cm³/mol. The smallest absolute Gasteiger partial charge is 0.407 e. The van der Waals surface area contributed by atoms with Crippen molar-refractivity contribution in [2.75, 3.05) is 26.3 Å². The number of rotatable bonds is 2. The average molecular weight is 203 g/mol. The van der Waals surface area contributed by atoms with Gasteiger partial charge in [0, 0.05) is 19.5 Å². The summed E-state index contributed by atoms with van der Waals surface area (Å²) in [7, 11) is 0. The van der Waals surface area contributed by atoms with E-state index in [1.165, 1.54) is 0 Å². The van der Waals surface area contributed by atoms with E-state index in [2.05, 4.69) is 0 Å². The maximum Gasteiger partial charge on any atom is 0.407 e. The van der Waals surface area contributed by atoms with Gasteiger partial charge >= 0.3 is 6.09 Å². The molecule has 0 bridgehead atoms. The minimum Gasteiger partial charge on any atom is -0.465 e. The summed E-state index contributed by atoms with van der Waals surface area (Å²) in [6.45, 7) is -1.04. The van der Waals surface area contributed by atoms with E-state index >= 15 is 0 Å². The summed E-state index contributed by atoms with van der Waals surface area (Å²) in [4.78, 5) is 23.1. The molecule has 6 nitrogen and oxygen atoms in total. The van der Waals surface area contributed by atoms with Gasteiger partial charge in [0.15, 0.2) is 0 Å². The number of carbonyl (C=O) groups is 2. The Morgan fingerprint density at radius 2 is 2.00 bits per heavy atom. The Morgan fingerprint density at radius 3 is 2.43 bits per heavy atom. The van der Waals surface area contributed by atoms with Gasteiger partial charge < -0.3 is 20.2 Å². The Bertz CT molecular complexity index is 248. The Balaban J connectivity index is 2.82. The summed E-state index contributed by atoms with van der Waals surface area (Å²) in [5, 5.41) is 26.7. The summed E-state index contributed by atoms with van der Waals surface area (Å²) < 4.78 is 0. The van der Waals surface area contributed by atoms with Crippen LogP contribution in [-0.2, 0) is 4.79 Å². The number of Topliss-reactive ketones (excluding diaryl/α,β-unsaturated/α-hetero) is 1. The lowest BCUT2D eigenvalue weighted by Gasteiger charge is -2.37. The standard InChI is InChI=1S/C8H13NO5/c10-4-8(5-11)3-9(7(13)14)2-1-6(8)12/h10-11H,1-5H2,(H,13,14). The number of hydrogen-bond donors (Lipinski definition) is 3. The molecule has 0 atom stereocenters. The van der Waals surface area contributed by atoms with Crippen LogP contribution in [0.4, 0.5) is 4.79 Å². The number of carbonyl (C=O) groups excluding carboxylic acids is 1. The first kappa shape index (κ1) is 10.9. The van der Waals surface area contributed by atoms with E-state index in [1.54, 1.807) is 0 Å². The van der Waals surface area contributed by atoms with Crippen LogP contribution in [0.2, 0.25) is 0 Å². The number of hydrogen-bond acceptors (Lipinski definition) is 4. The van der Waals surface area contributed by atoms with Crippen molar-refractivity contribution < 1.29 is 24.9 Å². The van der Waals surface area contributed by atoms with Crippen LogP contribution in [0.15, 0.2) is 0 Å². The van der Waals surface area contributed by atoms with E-state index in [-0.39, 0.29) is 25.3 Å². The van der Waals surface area contributed by atoms with Crippen molar-refractivity contribution in [2.24, 2.45) is 5.41 Å².